The van der Waals surface area contributed by atoms with Crippen LogP contribution in [-0.2, 0) is 5.75 Å². The van der Waals surface area contributed by atoms with Gasteiger partial charge < -0.3 is 10.6 Å². The summed E-state index contributed by atoms with van der Waals surface area (Å²) in [5, 5.41) is 6.65. The average Bonchev–Trinajstić information content (AvgIpc) is 2.54. The maximum absolute atomic E-state index is 12.8. The molecule has 0 aliphatic heterocycles. The van der Waals surface area contributed by atoms with Gasteiger partial charge in [0.25, 0.3) is 0 Å². The third-order valence-electron chi connectivity index (χ3n) is 3.04. The van der Waals surface area contributed by atoms with Gasteiger partial charge >= 0.3 is 0 Å². The predicted octanol–water partition coefficient (Wildman–Crippen LogP) is 4.57. The molecule has 2 aromatic carbocycles. The van der Waals surface area contributed by atoms with Crippen molar-refractivity contribution < 1.29 is 8.78 Å². The molecule has 0 saturated carbocycles. The van der Waals surface area contributed by atoms with Gasteiger partial charge in [0.2, 0.25) is 0 Å². The summed E-state index contributed by atoms with van der Waals surface area (Å²) in [6.07, 6.45) is 0.969. The van der Waals surface area contributed by atoms with Gasteiger partial charge in [-0.3, -0.25) is 0 Å². The number of benzene rings is 2. The second-order valence-corrected chi connectivity index (χ2v) is 6.43. The number of halogens is 2. The first kappa shape index (κ1) is 17.7. The normalized spacial score (nSPS) is 10.3. The molecule has 0 spiro atoms. The molecule has 0 aliphatic carbocycles. The van der Waals surface area contributed by atoms with Crippen molar-refractivity contribution in [1.82, 2.24) is 5.32 Å². The third-order valence-corrected chi connectivity index (χ3v) is 4.40. The Balaban J connectivity index is 1.55. The lowest BCUT2D eigenvalue weighted by Gasteiger charge is -2.10. The van der Waals surface area contributed by atoms with E-state index >= 15 is 0 Å². The minimum atomic E-state index is -0.271. The summed E-state index contributed by atoms with van der Waals surface area (Å²) in [4.78, 5) is 0. The zero-order valence-corrected chi connectivity index (χ0v) is 14.2. The topological polar surface area (TPSA) is 24.1 Å². The largest absolute Gasteiger partial charge is 0.362 e. The molecular weight excluding hydrogens is 334 g/mol. The quantitative estimate of drug-likeness (QED) is 0.563. The van der Waals surface area contributed by atoms with Crippen LogP contribution >= 0.6 is 24.0 Å². The minimum Gasteiger partial charge on any atom is -0.362 e. The van der Waals surface area contributed by atoms with Gasteiger partial charge in [-0.05, 0) is 66.4 Å². The van der Waals surface area contributed by atoms with Gasteiger partial charge in [-0.25, -0.2) is 8.78 Å². The van der Waals surface area contributed by atoms with Crippen LogP contribution in [0.3, 0.4) is 0 Å². The summed E-state index contributed by atoms with van der Waals surface area (Å²) >= 11 is 6.98. The predicted molar refractivity (Wildman–Crippen MR) is 97.8 cm³/mol. The third kappa shape index (κ3) is 6.97. The van der Waals surface area contributed by atoms with E-state index in [0.717, 1.165) is 35.7 Å². The highest BCUT2D eigenvalue weighted by Gasteiger charge is 1.98. The molecule has 2 nitrogen and oxygen atoms in total. The zero-order chi connectivity index (χ0) is 16.5. The van der Waals surface area contributed by atoms with Crippen LogP contribution in [0.1, 0.15) is 12.0 Å². The van der Waals surface area contributed by atoms with Crippen molar-refractivity contribution in [2.75, 3.05) is 17.6 Å². The molecule has 0 fully saturated rings. The fourth-order valence-corrected chi connectivity index (χ4v) is 3.00. The maximum Gasteiger partial charge on any atom is 0.170 e. The van der Waals surface area contributed by atoms with Gasteiger partial charge in [0.1, 0.15) is 11.6 Å². The number of thioether (sulfide) groups is 1. The number of rotatable bonds is 7. The highest BCUT2D eigenvalue weighted by molar-refractivity contribution is 7.98. The van der Waals surface area contributed by atoms with Crippen LogP contribution < -0.4 is 10.6 Å². The van der Waals surface area contributed by atoms with Crippen molar-refractivity contribution in [2.24, 2.45) is 0 Å². The Morgan fingerprint density at radius 1 is 0.957 bits per heavy atom. The molecule has 0 heterocycles. The van der Waals surface area contributed by atoms with E-state index in [-0.39, 0.29) is 11.6 Å². The lowest BCUT2D eigenvalue weighted by Crippen LogP contribution is -2.29. The Hall–Kier alpha value is -1.66. The van der Waals surface area contributed by atoms with Crippen LogP contribution in [0.25, 0.3) is 0 Å². The van der Waals surface area contributed by atoms with Crippen molar-refractivity contribution in [1.29, 1.82) is 0 Å². The molecule has 0 amide bonds. The molecular formula is C17H18F2N2S2. The summed E-state index contributed by atoms with van der Waals surface area (Å²) in [6, 6.07) is 12.6. The van der Waals surface area contributed by atoms with Crippen LogP contribution in [0.5, 0.6) is 0 Å². The molecule has 0 aliphatic rings. The van der Waals surface area contributed by atoms with Gasteiger partial charge in [-0.2, -0.15) is 11.8 Å². The summed E-state index contributed by atoms with van der Waals surface area (Å²) in [5.41, 5.74) is 1.88. The molecule has 0 unspecified atom stereocenters. The Labute approximate surface area is 144 Å². The fraction of sp³-hybridized carbons (Fsp3) is 0.235. The summed E-state index contributed by atoms with van der Waals surface area (Å²) in [6.45, 7) is 0.767. The molecule has 23 heavy (non-hydrogen) atoms. The van der Waals surface area contributed by atoms with Crippen molar-refractivity contribution in [3.63, 3.8) is 0 Å². The van der Waals surface area contributed by atoms with E-state index in [4.69, 9.17) is 12.2 Å². The van der Waals surface area contributed by atoms with E-state index in [2.05, 4.69) is 10.6 Å². The second-order valence-electron chi connectivity index (χ2n) is 4.92. The first-order valence-corrected chi connectivity index (χ1v) is 8.82. The Morgan fingerprint density at radius 3 is 2.22 bits per heavy atom. The molecule has 0 atom stereocenters. The number of hydrogen-bond donors (Lipinski definition) is 2. The first-order chi connectivity index (χ1) is 11.1. The van der Waals surface area contributed by atoms with E-state index in [0.29, 0.717) is 5.11 Å². The number of thiocarbonyl (C=S) groups is 1. The van der Waals surface area contributed by atoms with Gasteiger partial charge in [0.15, 0.2) is 5.11 Å². The molecule has 0 saturated heterocycles. The molecule has 2 aromatic rings. The van der Waals surface area contributed by atoms with E-state index in [1.54, 1.807) is 23.9 Å². The number of nitrogens with one attached hydrogen (secondary N) is 2. The molecule has 0 bridgehead atoms. The highest BCUT2D eigenvalue weighted by atomic mass is 32.2. The monoisotopic (exact) mass is 352 g/mol. The van der Waals surface area contributed by atoms with Crippen molar-refractivity contribution in [3.05, 3.63) is 65.7 Å². The Bertz CT molecular complexity index is 615. The fourth-order valence-electron chi connectivity index (χ4n) is 1.86. The lowest BCUT2D eigenvalue weighted by molar-refractivity contribution is 0.627. The first-order valence-electron chi connectivity index (χ1n) is 7.26. The summed E-state index contributed by atoms with van der Waals surface area (Å²) in [7, 11) is 0. The summed E-state index contributed by atoms with van der Waals surface area (Å²) < 4.78 is 25.6. The van der Waals surface area contributed by atoms with E-state index in [1.807, 2.05) is 12.1 Å². The molecule has 2 rings (SSSR count). The van der Waals surface area contributed by atoms with Crippen LogP contribution in [0.15, 0.2) is 48.5 Å². The highest BCUT2D eigenvalue weighted by Crippen LogP contribution is 2.13. The van der Waals surface area contributed by atoms with E-state index in [9.17, 15) is 8.78 Å². The van der Waals surface area contributed by atoms with Gasteiger partial charge in [-0.15, -0.1) is 0 Å². The SMILES string of the molecule is Fc1ccc(CSCCCNC(=S)Nc2ccc(F)cc2)cc1. The van der Waals surface area contributed by atoms with Gasteiger partial charge in [0.05, 0.1) is 0 Å². The standard InChI is InChI=1S/C17H18F2N2S2/c18-14-4-2-13(3-5-14)12-23-11-1-10-20-17(22)21-16-8-6-15(19)7-9-16/h2-9H,1,10-12H2,(H2,20,21,22). The van der Waals surface area contributed by atoms with Crippen LogP contribution in [0.4, 0.5) is 14.5 Å². The van der Waals surface area contributed by atoms with Crippen molar-refractivity contribution in [3.8, 4) is 0 Å². The van der Waals surface area contributed by atoms with Gasteiger partial charge in [-0.1, -0.05) is 12.1 Å². The molecule has 0 aromatic heterocycles. The zero-order valence-electron chi connectivity index (χ0n) is 12.5. The van der Waals surface area contributed by atoms with Crippen LogP contribution in [0, 0.1) is 11.6 Å². The van der Waals surface area contributed by atoms with E-state index in [1.165, 1.54) is 24.3 Å². The Kier molecular flexibility index (Phi) is 7.29. The molecule has 2 N–H and O–H groups in total. The minimum absolute atomic E-state index is 0.204. The lowest BCUT2D eigenvalue weighted by atomic mass is 10.2. The average molecular weight is 352 g/mol. The maximum atomic E-state index is 12.8. The molecule has 6 heteroatoms. The number of anilines is 1. The smallest absolute Gasteiger partial charge is 0.170 e. The van der Waals surface area contributed by atoms with Crippen molar-refractivity contribution in [2.45, 2.75) is 12.2 Å². The van der Waals surface area contributed by atoms with Crippen LogP contribution in [0.2, 0.25) is 0 Å². The van der Waals surface area contributed by atoms with E-state index < -0.39 is 0 Å². The molecule has 122 valence electrons. The number of hydrogen-bond acceptors (Lipinski definition) is 2. The Morgan fingerprint density at radius 2 is 1.57 bits per heavy atom. The second kappa shape index (κ2) is 9.47. The van der Waals surface area contributed by atoms with Crippen molar-refractivity contribution >= 4 is 34.8 Å². The van der Waals surface area contributed by atoms with Crippen LogP contribution in [-0.4, -0.2) is 17.4 Å². The van der Waals surface area contributed by atoms with Gasteiger partial charge in [0, 0.05) is 18.0 Å². The molecule has 0 radical (unpaired) electrons. The summed E-state index contributed by atoms with van der Waals surface area (Å²) in [5.74, 6) is 1.39.